The Morgan fingerprint density at radius 1 is 1.19 bits per heavy atom. The van der Waals surface area contributed by atoms with Gasteiger partial charge in [0.05, 0.1) is 32.8 Å². The lowest BCUT2D eigenvalue weighted by molar-refractivity contribution is 0.240. The summed E-state index contributed by atoms with van der Waals surface area (Å²) in [5, 5.41) is 14.1. The number of fused-ring (bicyclic) bond motifs is 1. The first-order valence-corrected chi connectivity index (χ1v) is 9.15. The van der Waals surface area contributed by atoms with Crippen molar-refractivity contribution in [2.75, 3.05) is 20.3 Å². The number of nitrogens with zero attached hydrogens (tertiary/aromatic N) is 3. The minimum Gasteiger partial charge on any atom is -0.497 e. The summed E-state index contributed by atoms with van der Waals surface area (Å²) < 4.78 is 12.9. The van der Waals surface area contributed by atoms with Gasteiger partial charge in [-0.1, -0.05) is 30.3 Å². The molecule has 0 unspecified atom stereocenters. The van der Waals surface area contributed by atoms with Crippen LogP contribution >= 0.6 is 0 Å². The van der Waals surface area contributed by atoms with E-state index in [1.54, 1.807) is 7.11 Å². The van der Waals surface area contributed by atoms with E-state index in [0.717, 1.165) is 35.1 Å². The summed E-state index contributed by atoms with van der Waals surface area (Å²) in [6.07, 6.45) is 1.50. The van der Waals surface area contributed by atoms with Crippen molar-refractivity contribution in [1.29, 1.82) is 0 Å². The van der Waals surface area contributed by atoms with Gasteiger partial charge in [-0.25, -0.2) is 9.67 Å². The maximum absolute atomic E-state index is 9.42. The zero-order valence-corrected chi connectivity index (χ0v) is 15.3. The molecule has 27 heavy (non-hydrogen) atoms. The summed E-state index contributed by atoms with van der Waals surface area (Å²) in [4.78, 5) is 4.79. The van der Waals surface area contributed by atoms with Gasteiger partial charge in [-0.15, -0.1) is 0 Å². The van der Waals surface area contributed by atoms with Crippen LogP contribution in [0.1, 0.15) is 28.7 Å². The van der Waals surface area contributed by atoms with Crippen molar-refractivity contribution in [2.45, 2.75) is 25.3 Å². The fraction of sp³-hybridized carbons (Fsp3) is 0.333. The van der Waals surface area contributed by atoms with Gasteiger partial charge in [-0.3, -0.25) is 0 Å². The van der Waals surface area contributed by atoms with E-state index < -0.39 is 0 Å². The SMILES string of the molecule is COc1ccc(Cc2nc([C@H]3COc4ccccc4C3)n(CCO)n2)cc1. The molecular formula is C21H23N3O3. The number of hydrogen-bond acceptors (Lipinski definition) is 5. The molecule has 140 valence electrons. The van der Waals surface area contributed by atoms with Gasteiger partial charge in [0.15, 0.2) is 5.82 Å². The molecule has 0 radical (unpaired) electrons. The highest BCUT2D eigenvalue weighted by Gasteiger charge is 2.26. The monoisotopic (exact) mass is 365 g/mol. The first-order chi connectivity index (χ1) is 13.3. The third-order valence-corrected chi connectivity index (χ3v) is 4.82. The molecule has 0 amide bonds. The van der Waals surface area contributed by atoms with E-state index in [0.29, 0.717) is 19.6 Å². The molecule has 4 rings (SSSR count). The van der Waals surface area contributed by atoms with E-state index in [1.807, 2.05) is 47.1 Å². The fourth-order valence-corrected chi connectivity index (χ4v) is 3.46. The molecule has 6 nitrogen and oxygen atoms in total. The Kier molecular flexibility index (Phi) is 5.07. The first-order valence-electron chi connectivity index (χ1n) is 9.15. The molecule has 0 fully saturated rings. The van der Waals surface area contributed by atoms with E-state index in [2.05, 4.69) is 11.2 Å². The second-order valence-corrected chi connectivity index (χ2v) is 6.68. The predicted molar refractivity (Wildman–Crippen MR) is 101 cm³/mol. The lowest BCUT2D eigenvalue weighted by atomic mass is 9.96. The van der Waals surface area contributed by atoms with Crippen molar-refractivity contribution in [3.05, 3.63) is 71.3 Å². The Labute approximate surface area is 158 Å². The molecule has 0 saturated heterocycles. The Morgan fingerprint density at radius 2 is 2.00 bits per heavy atom. The summed E-state index contributed by atoms with van der Waals surface area (Å²) in [6, 6.07) is 16.0. The molecule has 1 aliphatic heterocycles. The van der Waals surface area contributed by atoms with Crippen molar-refractivity contribution in [3.63, 3.8) is 0 Å². The number of rotatable bonds is 6. The molecule has 1 aliphatic rings. The van der Waals surface area contributed by atoms with Crippen LogP contribution in [0.5, 0.6) is 11.5 Å². The molecule has 3 aromatic rings. The van der Waals surface area contributed by atoms with Crippen LogP contribution in [0.3, 0.4) is 0 Å². The Morgan fingerprint density at radius 3 is 2.78 bits per heavy atom. The lowest BCUT2D eigenvalue weighted by Crippen LogP contribution is -2.23. The van der Waals surface area contributed by atoms with Crippen molar-refractivity contribution in [2.24, 2.45) is 0 Å². The smallest absolute Gasteiger partial charge is 0.155 e. The van der Waals surface area contributed by atoms with Crippen LogP contribution in [0.25, 0.3) is 0 Å². The summed E-state index contributed by atoms with van der Waals surface area (Å²) in [5.41, 5.74) is 2.30. The third kappa shape index (κ3) is 3.80. The maximum atomic E-state index is 9.42. The molecule has 1 N–H and O–H groups in total. The van der Waals surface area contributed by atoms with Crippen LogP contribution in [-0.2, 0) is 19.4 Å². The molecule has 0 bridgehead atoms. The molecule has 6 heteroatoms. The lowest BCUT2D eigenvalue weighted by Gasteiger charge is -2.24. The minimum absolute atomic E-state index is 0.0303. The molecule has 0 saturated carbocycles. The van der Waals surface area contributed by atoms with E-state index in [1.165, 1.54) is 5.56 Å². The predicted octanol–water partition coefficient (Wildman–Crippen LogP) is 2.59. The molecule has 1 atom stereocenters. The minimum atomic E-state index is 0.0303. The van der Waals surface area contributed by atoms with E-state index in [4.69, 9.17) is 14.5 Å². The first kappa shape index (κ1) is 17.5. The van der Waals surface area contributed by atoms with Gasteiger partial charge in [0.2, 0.25) is 0 Å². The summed E-state index contributed by atoms with van der Waals surface area (Å²) >= 11 is 0. The molecule has 0 aliphatic carbocycles. The van der Waals surface area contributed by atoms with Gasteiger partial charge in [-0.05, 0) is 35.7 Å². The van der Waals surface area contributed by atoms with E-state index in [-0.39, 0.29) is 12.5 Å². The number of aliphatic hydroxyl groups is 1. The van der Waals surface area contributed by atoms with Gasteiger partial charge in [0, 0.05) is 6.42 Å². The van der Waals surface area contributed by atoms with Crippen LogP contribution < -0.4 is 9.47 Å². The van der Waals surface area contributed by atoms with Gasteiger partial charge < -0.3 is 14.6 Å². The largest absolute Gasteiger partial charge is 0.497 e. The molecular weight excluding hydrogens is 342 g/mol. The van der Waals surface area contributed by atoms with Crippen molar-refractivity contribution in [3.8, 4) is 11.5 Å². The van der Waals surface area contributed by atoms with Crippen LogP contribution in [-0.4, -0.2) is 40.2 Å². The van der Waals surface area contributed by atoms with Crippen molar-refractivity contribution < 1.29 is 14.6 Å². The highest BCUT2D eigenvalue weighted by Crippen LogP contribution is 2.31. The van der Waals surface area contributed by atoms with Crippen LogP contribution in [0, 0.1) is 0 Å². The molecule has 0 spiro atoms. The number of aliphatic hydroxyl groups excluding tert-OH is 1. The highest BCUT2D eigenvalue weighted by atomic mass is 16.5. The van der Waals surface area contributed by atoms with Crippen LogP contribution in [0.4, 0.5) is 0 Å². The third-order valence-electron chi connectivity index (χ3n) is 4.82. The number of ether oxygens (including phenoxy) is 2. The summed E-state index contributed by atoms with van der Waals surface area (Å²) in [6.45, 7) is 1.04. The fourth-order valence-electron chi connectivity index (χ4n) is 3.46. The van der Waals surface area contributed by atoms with Gasteiger partial charge in [0.1, 0.15) is 17.3 Å². The normalized spacial score (nSPS) is 15.9. The molecule has 2 heterocycles. The topological polar surface area (TPSA) is 69.4 Å². The average Bonchev–Trinajstić information content (AvgIpc) is 3.11. The van der Waals surface area contributed by atoms with Crippen LogP contribution in [0.2, 0.25) is 0 Å². The number of benzene rings is 2. The summed E-state index contributed by atoms with van der Waals surface area (Å²) in [7, 11) is 1.66. The number of aromatic nitrogens is 3. The van der Waals surface area contributed by atoms with Gasteiger partial charge in [-0.2, -0.15) is 5.10 Å². The van der Waals surface area contributed by atoms with Gasteiger partial charge >= 0.3 is 0 Å². The van der Waals surface area contributed by atoms with Crippen molar-refractivity contribution in [1.82, 2.24) is 14.8 Å². The van der Waals surface area contributed by atoms with Gasteiger partial charge in [0.25, 0.3) is 0 Å². The number of methoxy groups -OCH3 is 1. The Balaban J connectivity index is 1.57. The van der Waals surface area contributed by atoms with Crippen molar-refractivity contribution >= 4 is 0 Å². The number of para-hydroxylation sites is 1. The highest BCUT2D eigenvalue weighted by molar-refractivity contribution is 5.36. The standard InChI is InChI=1S/C21H23N3O3/c1-26-18-8-6-15(7-9-18)12-20-22-21(24(23-20)10-11-25)17-13-16-4-2-3-5-19(16)27-14-17/h2-9,17,25H,10-14H2,1H3/t17-/m1/s1. The van der Waals surface area contributed by atoms with Crippen LogP contribution in [0.15, 0.2) is 48.5 Å². The maximum Gasteiger partial charge on any atom is 0.155 e. The zero-order chi connectivity index (χ0) is 18.6. The second-order valence-electron chi connectivity index (χ2n) is 6.68. The zero-order valence-electron chi connectivity index (χ0n) is 15.3. The Bertz CT molecular complexity index is 905. The quantitative estimate of drug-likeness (QED) is 0.727. The van der Waals surface area contributed by atoms with E-state index >= 15 is 0 Å². The Hall–Kier alpha value is -2.86. The second kappa shape index (κ2) is 7.80. The molecule has 1 aromatic heterocycles. The summed E-state index contributed by atoms with van der Waals surface area (Å²) in [5.74, 6) is 3.53. The average molecular weight is 365 g/mol. The molecule has 2 aromatic carbocycles. The number of hydrogen-bond donors (Lipinski definition) is 1. The van der Waals surface area contributed by atoms with E-state index in [9.17, 15) is 5.11 Å².